The summed E-state index contributed by atoms with van der Waals surface area (Å²) in [6.07, 6.45) is 1.92. The Balaban J connectivity index is 2.49. The molecule has 0 aromatic heterocycles. The van der Waals surface area contributed by atoms with Gasteiger partial charge in [-0.1, -0.05) is 18.2 Å². The van der Waals surface area contributed by atoms with Gasteiger partial charge in [0.25, 0.3) is 0 Å². The molecule has 0 N–H and O–H groups in total. The molecule has 1 aliphatic heterocycles. The molecular formula is C6H7ClS2. The molecule has 9 heavy (non-hydrogen) atoms. The molecule has 1 aliphatic rings. The first-order valence-electron chi connectivity index (χ1n) is 2.61. The van der Waals surface area contributed by atoms with Crippen LogP contribution in [0.3, 0.4) is 0 Å². The summed E-state index contributed by atoms with van der Waals surface area (Å²) in [5.41, 5.74) is 0. The van der Waals surface area contributed by atoms with Gasteiger partial charge in [0.05, 0.1) is 0 Å². The highest BCUT2D eigenvalue weighted by Crippen LogP contribution is 2.36. The lowest BCUT2D eigenvalue weighted by Gasteiger charge is -1.89. The minimum absolute atomic E-state index is 0.631. The van der Waals surface area contributed by atoms with Gasteiger partial charge in [0.15, 0.2) is 0 Å². The normalized spacial score (nSPS) is 18.1. The fourth-order valence-electron chi connectivity index (χ4n) is 0.537. The summed E-state index contributed by atoms with van der Waals surface area (Å²) in [6, 6.07) is 0. The van der Waals surface area contributed by atoms with Crippen molar-refractivity contribution in [2.75, 3.05) is 11.5 Å². The SMILES string of the molecule is C=C(Cl)C=C1SCCS1. The molecule has 1 heterocycles. The van der Waals surface area contributed by atoms with E-state index in [1.54, 1.807) is 0 Å². The quantitative estimate of drug-likeness (QED) is 0.606. The number of rotatable bonds is 1. The molecule has 0 amide bonds. The minimum Gasteiger partial charge on any atom is -0.118 e. The van der Waals surface area contributed by atoms with E-state index in [0.717, 1.165) is 0 Å². The van der Waals surface area contributed by atoms with Crippen LogP contribution in [-0.4, -0.2) is 11.5 Å². The van der Waals surface area contributed by atoms with Crippen LogP contribution < -0.4 is 0 Å². The molecule has 1 fully saturated rings. The van der Waals surface area contributed by atoms with Crippen LogP contribution in [-0.2, 0) is 0 Å². The van der Waals surface area contributed by atoms with Gasteiger partial charge in [-0.2, -0.15) is 0 Å². The van der Waals surface area contributed by atoms with Gasteiger partial charge in [0, 0.05) is 20.8 Å². The van der Waals surface area contributed by atoms with Crippen LogP contribution in [0.5, 0.6) is 0 Å². The fourth-order valence-corrected chi connectivity index (χ4v) is 3.13. The van der Waals surface area contributed by atoms with Crippen LogP contribution in [0.1, 0.15) is 0 Å². The Morgan fingerprint density at radius 1 is 1.56 bits per heavy atom. The van der Waals surface area contributed by atoms with Crippen LogP contribution in [0.4, 0.5) is 0 Å². The first kappa shape index (κ1) is 7.58. The lowest BCUT2D eigenvalue weighted by atomic mass is 10.6. The second kappa shape index (κ2) is 3.59. The van der Waals surface area contributed by atoms with Crippen molar-refractivity contribution in [1.82, 2.24) is 0 Å². The van der Waals surface area contributed by atoms with Gasteiger partial charge in [0.2, 0.25) is 0 Å². The molecule has 1 rings (SSSR count). The molecule has 3 heteroatoms. The Kier molecular flexibility index (Phi) is 3.02. The van der Waals surface area contributed by atoms with Crippen molar-refractivity contribution in [3.63, 3.8) is 0 Å². The topological polar surface area (TPSA) is 0 Å². The zero-order chi connectivity index (χ0) is 6.69. The van der Waals surface area contributed by atoms with E-state index in [4.69, 9.17) is 11.6 Å². The molecule has 0 nitrogen and oxygen atoms in total. The predicted octanol–water partition coefficient (Wildman–Crippen LogP) is 3.06. The fraction of sp³-hybridized carbons (Fsp3) is 0.333. The first-order chi connectivity index (χ1) is 4.29. The van der Waals surface area contributed by atoms with Crippen molar-refractivity contribution < 1.29 is 0 Å². The largest absolute Gasteiger partial charge is 0.118 e. The summed E-state index contributed by atoms with van der Waals surface area (Å²) in [6.45, 7) is 3.58. The van der Waals surface area contributed by atoms with E-state index in [9.17, 15) is 0 Å². The highest BCUT2D eigenvalue weighted by Gasteiger charge is 2.06. The van der Waals surface area contributed by atoms with E-state index in [2.05, 4.69) is 6.58 Å². The molecule has 0 radical (unpaired) electrons. The summed E-state index contributed by atoms with van der Waals surface area (Å²) < 4.78 is 1.30. The Bertz CT molecular complexity index is 143. The molecule has 0 aromatic carbocycles. The van der Waals surface area contributed by atoms with E-state index in [1.807, 2.05) is 29.6 Å². The van der Waals surface area contributed by atoms with Gasteiger partial charge in [-0.3, -0.25) is 0 Å². The summed E-state index contributed by atoms with van der Waals surface area (Å²) in [5.74, 6) is 2.42. The Labute approximate surface area is 68.7 Å². The van der Waals surface area contributed by atoms with Crippen molar-refractivity contribution in [2.45, 2.75) is 0 Å². The van der Waals surface area contributed by atoms with E-state index < -0.39 is 0 Å². The number of hydrogen-bond donors (Lipinski definition) is 0. The van der Waals surface area contributed by atoms with Crippen LogP contribution in [0.15, 0.2) is 21.9 Å². The van der Waals surface area contributed by atoms with E-state index >= 15 is 0 Å². The third-order valence-electron chi connectivity index (χ3n) is 0.846. The molecular weight excluding hydrogens is 172 g/mol. The minimum atomic E-state index is 0.631. The zero-order valence-electron chi connectivity index (χ0n) is 4.89. The Morgan fingerprint density at radius 2 is 2.11 bits per heavy atom. The third kappa shape index (κ3) is 2.70. The van der Waals surface area contributed by atoms with Crippen LogP contribution >= 0.6 is 35.1 Å². The maximum atomic E-state index is 5.56. The molecule has 0 aliphatic carbocycles. The Morgan fingerprint density at radius 3 is 2.56 bits per heavy atom. The molecule has 0 aromatic rings. The van der Waals surface area contributed by atoms with Crippen molar-refractivity contribution in [1.29, 1.82) is 0 Å². The molecule has 0 spiro atoms. The average molecular weight is 179 g/mol. The highest BCUT2D eigenvalue weighted by molar-refractivity contribution is 8.25. The molecule has 50 valence electrons. The van der Waals surface area contributed by atoms with Crippen LogP contribution in [0.2, 0.25) is 0 Å². The van der Waals surface area contributed by atoms with Gasteiger partial charge in [-0.05, 0) is 6.08 Å². The standard InChI is InChI=1S/C6H7ClS2/c1-5(7)4-6-8-2-3-9-6/h4H,1-3H2. The maximum Gasteiger partial charge on any atom is 0.0416 e. The van der Waals surface area contributed by atoms with Crippen molar-refractivity contribution in [3.8, 4) is 0 Å². The van der Waals surface area contributed by atoms with Crippen LogP contribution in [0.25, 0.3) is 0 Å². The van der Waals surface area contributed by atoms with E-state index in [-0.39, 0.29) is 0 Å². The van der Waals surface area contributed by atoms with Crippen molar-refractivity contribution in [3.05, 3.63) is 21.9 Å². The summed E-state index contributed by atoms with van der Waals surface area (Å²) in [5, 5.41) is 0.631. The third-order valence-corrected chi connectivity index (χ3v) is 3.54. The first-order valence-corrected chi connectivity index (χ1v) is 4.95. The molecule has 0 unspecified atom stereocenters. The van der Waals surface area contributed by atoms with Gasteiger partial charge < -0.3 is 0 Å². The van der Waals surface area contributed by atoms with E-state index in [1.165, 1.54) is 15.7 Å². The lowest BCUT2D eigenvalue weighted by molar-refractivity contribution is 1.59. The van der Waals surface area contributed by atoms with Gasteiger partial charge in [-0.25, -0.2) is 0 Å². The predicted molar refractivity (Wildman–Crippen MR) is 48.0 cm³/mol. The number of allylic oxidation sites excluding steroid dienone is 2. The maximum absolute atomic E-state index is 5.56. The number of hydrogen-bond acceptors (Lipinski definition) is 2. The van der Waals surface area contributed by atoms with Crippen molar-refractivity contribution in [2.24, 2.45) is 0 Å². The molecule has 0 atom stereocenters. The molecule has 0 bridgehead atoms. The number of halogens is 1. The molecule has 0 saturated carbocycles. The van der Waals surface area contributed by atoms with Crippen molar-refractivity contribution >= 4 is 35.1 Å². The number of thioether (sulfide) groups is 2. The van der Waals surface area contributed by atoms with Crippen LogP contribution in [0, 0.1) is 0 Å². The average Bonchev–Trinajstić information content (AvgIpc) is 2.15. The molecule has 1 saturated heterocycles. The lowest BCUT2D eigenvalue weighted by Crippen LogP contribution is -1.64. The second-order valence-electron chi connectivity index (χ2n) is 1.61. The smallest absolute Gasteiger partial charge is 0.0416 e. The monoisotopic (exact) mass is 178 g/mol. The zero-order valence-corrected chi connectivity index (χ0v) is 7.28. The van der Waals surface area contributed by atoms with Gasteiger partial charge >= 0.3 is 0 Å². The van der Waals surface area contributed by atoms with Gasteiger partial charge in [-0.15, -0.1) is 23.5 Å². The Hall–Kier alpha value is 0.470. The summed E-state index contributed by atoms with van der Waals surface area (Å²) >= 11 is 9.26. The summed E-state index contributed by atoms with van der Waals surface area (Å²) in [7, 11) is 0. The second-order valence-corrected chi connectivity index (χ2v) is 4.62. The van der Waals surface area contributed by atoms with Gasteiger partial charge in [0.1, 0.15) is 0 Å². The highest BCUT2D eigenvalue weighted by atomic mass is 35.5. The van der Waals surface area contributed by atoms with E-state index in [0.29, 0.717) is 5.03 Å². The summed E-state index contributed by atoms with van der Waals surface area (Å²) in [4.78, 5) is 0.